The van der Waals surface area contributed by atoms with E-state index in [-0.39, 0.29) is 18.4 Å². The Kier molecular flexibility index (Phi) is 5.41. The Labute approximate surface area is 139 Å². The molecule has 3 N–H and O–H groups in total. The molecule has 2 amide bonds. The van der Waals surface area contributed by atoms with Crippen molar-refractivity contribution in [3.05, 3.63) is 32.8 Å². The van der Waals surface area contributed by atoms with Crippen molar-refractivity contribution in [2.24, 2.45) is 0 Å². The van der Waals surface area contributed by atoms with E-state index in [2.05, 4.69) is 47.5 Å². The Bertz CT molecular complexity index is 682. The monoisotopic (exact) mass is 415 g/mol. The minimum atomic E-state index is -0.276. The van der Waals surface area contributed by atoms with Crippen LogP contribution in [0.2, 0.25) is 0 Å². The molecular weight excluding hydrogens is 402 g/mol. The molecule has 2 rings (SSSR count). The lowest BCUT2D eigenvalue weighted by Gasteiger charge is -2.05. The molecule has 0 unspecified atom stereocenters. The lowest BCUT2D eigenvalue weighted by atomic mass is 10.1. The van der Waals surface area contributed by atoms with Gasteiger partial charge < -0.3 is 15.6 Å². The second kappa shape index (κ2) is 7.09. The number of H-pyrrole nitrogens is 1. The molecule has 7 heteroatoms. The highest BCUT2D eigenvalue weighted by molar-refractivity contribution is 9.13. The van der Waals surface area contributed by atoms with E-state index in [1.165, 1.54) is 0 Å². The fraction of sp³-hybridized carbons (Fsp3) is 0.286. The first-order chi connectivity index (χ1) is 10.0. The van der Waals surface area contributed by atoms with Crippen molar-refractivity contribution in [1.29, 1.82) is 0 Å². The van der Waals surface area contributed by atoms with E-state index in [1.54, 1.807) is 6.20 Å². The number of hydrogen-bond donors (Lipinski definition) is 3. The molecule has 0 aliphatic heterocycles. The molecule has 0 bridgehead atoms. The van der Waals surface area contributed by atoms with Gasteiger partial charge in [0.2, 0.25) is 5.91 Å². The Morgan fingerprint density at radius 1 is 1.19 bits per heavy atom. The number of nitrogens with one attached hydrogen (secondary N) is 3. The second-order valence-electron chi connectivity index (χ2n) is 4.55. The summed E-state index contributed by atoms with van der Waals surface area (Å²) in [7, 11) is 0. The van der Waals surface area contributed by atoms with Gasteiger partial charge in [0.15, 0.2) is 0 Å². The number of aromatic nitrogens is 1. The van der Waals surface area contributed by atoms with Gasteiger partial charge in [0.25, 0.3) is 5.91 Å². The van der Waals surface area contributed by atoms with Gasteiger partial charge in [-0.1, -0.05) is 6.92 Å². The predicted molar refractivity (Wildman–Crippen MR) is 89.3 cm³/mol. The summed E-state index contributed by atoms with van der Waals surface area (Å²) in [5, 5.41) is 6.14. The summed E-state index contributed by atoms with van der Waals surface area (Å²) in [6.45, 7) is 2.56. The zero-order valence-electron chi connectivity index (χ0n) is 11.4. The summed E-state index contributed by atoms with van der Waals surface area (Å²) >= 11 is 6.83. The van der Waals surface area contributed by atoms with Crippen LogP contribution in [0, 0.1) is 0 Å². The molecule has 1 aromatic heterocycles. The number of carbonyl (C=O) groups is 2. The summed E-state index contributed by atoms with van der Waals surface area (Å²) in [5.74, 6) is -0.462. The number of benzene rings is 1. The zero-order valence-corrected chi connectivity index (χ0v) is 14.6. The maximum absolute atomic E-state index is 12.2. The molecule has 0 aliphatic carbocycles. The van der Waals surface area contributed by atoms with Crippen LogP contribution in [-0.2, 0) is 4.79 Å². The Morgan fingerprint density at radius 3 is 2.62 bits per heavy atom. The minimum Gasteiger partial charge on any atom is -0.360 e. The van der Waals surface area contributed by atoms with Gasteiger partial charge in [-0.25, -0.2) is 0 Å². The molecule has 112 valence electrons. The first kappa shape index (κ1) is 16.0. The van der Waals surface area contributed by atoms with Gasteiger partial charge in [-0.15, -0.1) is 0 Å². The van der Waals surface area contributed by atoms with E-state index in [1.807, 2.05) is 19.1 Å². The molecule has 0 saturated heterocycles. The number of rotatable bonds is 5. The largest absolute Gasteiger partial charge is 0.360 e. The number of carbonyl (C=O) groups excluding carboxylic acids is 2. The van der Waals surface area contributed by atoms with Gasteiger partial charge in [-0.3, -0.25) is 9.59 Å². The quantitative estimate of drug-likeness (QED) is 0.700. The molecule has 5 nitrogen and oxygen atoms in total. The van der Waals surface area contributed by atoms with Crippen LogP contribution < -0.4 is 10.6 Å². The van der Waals surface area contributed by atoms with Crippen LogP contribution in [0.1, 0.15) is 23.7 Å². The number of aromatic amines is 1. The van der Waals surface area contributed by atoms with E-state index in [0.29, 0.717) is 12.1 Å². The van der Waals surface area contributed by atoms with Crippen LogP contribution in [0.4, 0.5) is 0 Å². The van der Waals surface area contributed by atoms with E-state index in [4.69, 9.17) is 0 Å². The molecule has 21 heavy (non-hydrogen) atoms. The summed E-state index contributed by atoms with van der Waals surface area (Å²) < 4.78 is 1.77. The fourth-order valence-corrected chi connectivity index (χ4v) is 2.57. The highest BCUT2D eigenvalue weighted by Gasteiger charge is 2.14. The van der Waals surface area contributed by atoms with Gasteiger partial charge >= 0.3 is 0 Å². The van der Waals surface area contributed by atoms with Gasteiger partial charge in [0.1, 0.15) is 0 Å². The van der Waals surface area contributed by atoms with Gasteiger partial charge in [-0.2, -0.15) is 0 Å². The third kappa shape index (κ3) is 3.85. The van der Waals surface area contributed by atoms with E-state index in [9.17, 15) is 9.59 Å². The standard InChI is InChI=1S/C14H15Br2N3O2/c1-2-3-17-13(20)7-19-14(21)9-6-18-12-5-11(16)10(15)4-8(9)12/h4-6,18H,2-3,7H2,1H3,(H,17,20)(H,19,21). The Hall–Kier alpha value is -1.34. The lowest BCUT2D eigenvalue weighted by Crippen LogP contribution is -2.37. The van der Waals surface area contributed by atoms with Crippen molar-refractivity contribution in [2.75, 3.05) is 13.1 Å². The van der Waals surface area contributed by atoms with Crippen LogP contribution >= 0.6 is 31.9 Å². The smallest absolute Gasteiger partial charge is 0.253 e. The summed E-state index contributed by atoms with van der Waals surface area (Å²) in [5.41, 5.74) is 1.37. The van der Waals surface area contributed by atoms with Gasteiger partial charge in [-0.05, 0) is 50.4 Å². The van der Waals surface area contributed by atoms with Crippen LogP contribution in [0.3, 0.4) is 0 Å². The maximum Gasteiger partial charge on any atom is 0.253 e. The molecule has 0 saturated carbocycles. The van der Waals surface area contributed by atoms with Gasteiger partial charge in [0, 0.05) is 32.6 Å². The van der Waals surface area contributed by atoms with Gasteiger partial charge in [0.05, 0.1) is 12.1 Å². The highest BCUT2D eigenvalue weighted by Crippen LogP contribution is 2.29. The molecule has 0 spiro atoms. The van der Waals surface area contributed by atoms with Crippen molar-refractivity contribution in [2.45, 2.75) is 13.3 Å². The van der Waals surface area contributed by atoms with Crippen molar-refractivity contribution in [3.63, 3.8) is 0 Å². The van der Waals surface area contributed by atoms with Crippen molar-refractivity contribution < 1.29 is 9.59 Å². The average Bonchev–Trinajstić information content (AvgIpc) is 2.85. The van der Waals surface area contributed by atoms with Crippen molar-refractivity contribution in [1.82, 2.24) is 15.6 Å². The van der Waals surface area contributed by atoms with Crippen molar-refractivity contribution >= 4 is 54.6 Å². The molecule has 1 heterocycles. The van der Waals surface area contributed by atoms with E-state index >= 15 is 0 Å². The first-order valence-corrected chi connectivity index (χ1v) is 8.12. The predicted octanol–water partition coefficient (Wildman–Crippen LogP) is 2.95. The molecule has 0 aliphatic rings. The molecule has 0 fully saturated rings. The molecule has 1 aromatic carbocycles. The van der Waals surface area contributed by atoms with Crippen LogP contribution in [0.15, 0.2) is 27.3 Å². The molecule has 0 atom stereocenters. The third-order valence-corrected chi connectivity index (χ3v) is 4.79. The fourth-order valence-electron chi connectivity index (χ4n) is 1.89. The number of fused-ring (bicyclic) bond motifs is 1. The maximum atomic E-state index is 12.2. The molecular formula is C14H15Br2N3O2. The zero-order chi connectivity index (χ0) is 15.4. The first-order valence-electron chi connectivity index (χ1n) is 6.54. The van der Waals surface area contributed by atoms with Crippen LogP contribution in [0.5, 0.6) is 0 Å². The average molecular weight is 417 g/mol. The van der Waals surface area contributed by atoms with E-state index in [0.717, 1.165) is 26.3 Å². The number of hydrogen-bond acceptors (Lipinski definition) is 2. The Balaban J connectivity index is 2.09. The van der Waals surface area contributed by atoms with Crippen LogP contribution in [-0.4, -0.2) is 29.9 Å². The third-order valence-electron chi connectivity index (χ3n) is 2.95. The topological polar surface area (TPSA) is 74.0 Å². The van der Waals surface area contributed by atoms with Crippen LogP contribution in [0.25, 0.3) is 10.9 Å². The minimum absolute atomic E-state index is 0.0246. The highest BCUT2D eigenvalue weighted by atomic mass is 79.9. The molecule has 0 radical (unpaired) electrons. The summed E-state index contributed by atoms with van der Waals surface area (Å²) in [6.07, 6.45) is 2.51. The SMILES string of the molecule is CCCNC(=O)CNC(=O)c1c[nH]c2cc(Br)c(Br)cc12. The normalized spacial score (nSPS) is 10.6. The van der Waals surface area contributed by atoms with Crippen molar-refractivity contribution in [3.8, 4) is 0 Å². The Morgan fingerprint density at radius 2 is 1.90 bits per heavy atom. The lowest BCUT2D eigenvalue weighted by molar-refractivity contribution is -0.120. The number of halogens is 2. The molecule has 2 aromatic rings. The second-order valence-corrected chi connectivity index (χ2v) is 6.26. The van der Waals surface area contributed by atoms with E-state index < -0.39 is 0 Å². The summed E-state index contributed by atoms with van der Waals surface area (Å²) in [4.78, 5) is 26.7. The number of amides is 2. The summed E-state index contributed by atoms with van der Waals surface area (Å²) in [6, 6.07) is 3.76.